The topological polar surface area (TPSA) is 55.1 Å². The molecule has 1 amide bonds. The zero-order valence-electron chi connectivity index (χ0n) is 14.0. The van der Waals surface area contributed by atoms with Gasteiger partial charge in [0.25, 0.3) is 0 Å². The van der Waals surface area contributed by atoms with Crippen LogP contribution < -0.4 is 11.3 Å². The number of rotatable bonds is 13. The number of hydrogen-bond donors (Lipinski definition) is 2. The van der Waals surface area contributed by atoms with Crippen molar-refractivity contribution in [3.63, 3.8) is 0 Å². The van der Waals surface area contributed by atoms with Gasteiger partial charge >= 0.3 is 130 Å². The van der Waals surface area contributed by atoms with Crippen molar-refractivity contribution in [2.24, 2.45) is 5.84 Å². The van der Waals surface area contributed by atoms with E-state index in [4.69, 9.17) is 5.84 Å². The Bertz CT molecular complexity index is 225. The molecule has 0 radical (unpaired) electrons. The van der Waals surface area contributed by atoms with Crippen LogP contribution in [0, 0.1) is 0 Å². The van der Waals surface area contributed by atoms with Gasteiger partial charge in [0.2, 0.25) is 0 Å². The van der Waals surface area contributed by atoms with Crippen LogP contribution in [0.1, 0.15) is 72.1 Å². The number of carbonyl (C=O) groups excluding carboxylic acids is 1. The third-order valence-corrected chi connectivity index (χ3v) is 20.6. The first-order valence-electron chi connectivity index (χ1n) is 8.63. The number of nitrogens with two attached hydrogens (primary N) is 1. The predicted molar refractivity (Wildman–Crippen MR) is 91.3 cm³/mol. The van der Waals surface area contributed by atoms with Crippen molar-refractivity contribution in [2.75, 3.05) is 0 Å². The Morgan fingerprint density at radius 2 is 1.25 bits per heavy atom. The summed E-state index contributed by atoms with van der Waals surface area (Å²) >= 11 is -1.99. The van der Waals surface area contributed by atoms with Crippen LogP contribution in [0.25, 0.3) is 0 Å². The molecule has 4 heteroatoms. The summed E-state index contributed by atoms with van der Waals surface area (Å²) in [6.45, 7) is 6.91. The average Bonchev–Trinajstić information content (AvgIpc) is 2.48. The van der Waals surface area contributed by atoms with E-state index in [-0.39, 0.29) is 5.91 Å². The van der Waals surface area contributed by atoms with Gasteiger partial charge in [-0.3, -0.25) is 0 Å². The molecular formula is C16H36N2OSn. The van der Waals surface area contributed by atoms with Crippen molar-refractivity contribution < 1.29 is 4.79 Å². The van der Waals surface area contributed by atoms with Crippen LogP contribution in [0.2, 0.25) is 17.7 Å². The van der Waals surface area contributed by atoms with Crippen LogP contribution in [-0.4, -0.2) is 24.3 Å². The molecule has 0 aromatic rings. The second kappa shape index (κ2) is 12.9. The molecular weight excluding hydrogens is 355 g/mol. The van der Waals surface area contributed by atoms with Gasteiger partial charge in [0, 0.05) is 0 Å². The van der Waals surface area contributed by atoms with E-state index < -0.39 is 18.4 Å². The number of hydrazine groups is 1. The molecule has 0 rings (SSSR count). The Morgan fingerprint density at radius 3 is 1.60 bits per heavy atom. The summed E-state index contributed by atoms with van der Waals surface area (Å²) in [6, 6.07) is 0. The van der Waals surface area contributed by atoms with Gasteiger partial charge in [-0.25, -0.2) is 0 Å². The fraction of sp³-hybridized carbons (Fsp3) is 0.938. The van der Waals surface area contributed by atoms with Crippen LogP contribution in [0.15, 0.2) is 0 Å². The third kappa shape index (κ3) is 9.22. The summed E-state index contributed by atoms with van der Waals surface area (Å²) in [5, 5.41) is 0. The molecule has 0 saturated carbocycles. The van der Waals surface area contributed by atoms with Crippen LogP contribution in [0.4, 0.5) is 0 Å². The van der Waals surface area contributed by atoms with Gasteiger partial charge in [-0.15, -0.1) is 0 Å². The molecule has 120 valence electrons. The fourth-order valence-electron chi connectivity index (χ4n) is 3.10. The van der Waals surface area contributed by atoms with E-state index in [9.17, 15) is 4.79 Å². The molecule has 20 heavy (non-hydrogen) atoms. The van der Waals surface area contributed by atoms with Crippen molar-refractivity contribution in [2.45, 2.75) is 89.9 Å². The van der Waals surface area contributed by atoms with Crippen LogP contribution in [0.3, 0.4) is 0 Å². The molecule has 0 aromatic heterocycles. The Labute approximate surface area is 130 Å². The number of unbranched alkanes of at least 4 members (excludes halogenated alkanes) is 3. The minimum atomic E-state index is -1.99. The van der Waals surface area contributed by atoms with Gasteiger partial charge in [0.15, 0.2) is 0 Å². The fourth-order valence-corrected chi connectivity index (χ4v) is 19.5. The first-order chi connectivity index (χ1) is 9.64. The molecule has 0 aliphatic carbocycles. The second-order valence-corrected chi connectivity index (χ2v) is 20.5. The third-order valence-electron chi connectivity index (χ3n) is 4.45. The van der Waals surface area contributed by atoms with Crippen molar-refractivity contribution in [1.29, 1.82) is 0 Å². The summed E-state index contributed by atoms with van der Waals surface area (Å²) in [5.41, 5.74) is 2.27. The van der Waals surface area contributed by atoms with E-state index in [0.29, 0.717) is 6.42 Å². The Kier molecular flexibility index (Phi) is 13.1. The molecule has 0 spiro atoms. The van der Waals surface area contributed by atoms with Crippen molar-refractivity contribution in [1.82, 2.24) is 5.43 Å². The van der Waals surface area contributed by atoms with Gasteiger partial charge in [-0.1, -0.05) is 0 Å². The Morgan fingerprint density at radius 1 is 0.850 bits per heavy atom. The Balaban J connectivity index is 4.52. The van der Waals surface area contributed by atoms with Crippen LogP contribution in [0.5, 0.6) is 0 Å². The molecule has 0 fully saturated rings. The van der Waals surface area contributed by atoms with E-state index in [0.717, 1.165) is 6.42 Å². The molecule has 0 bridgehead atoms. The summed E-state index contributed by atoms with van der Waals surface area (Å²) in [5.74, 6) is 5.19. The first kappa shape index (κ1) is 20.2. The van der Waals surface area contributed by atoms with E-state index in [2.05, 4.69) is 26.2 Å². The zero-order valence-corrected chi connectivity index (χ0v) is 16.8. The number of amides is 1. The number of hydrogen-bond acceptors (Lipinski definition) is 2. The van der Waals surface area contributed by atoms with Crippen LogP contribution in [-0.2, 0) is 4.79 Å². The first-order valence-corrected chi connectivity index (χ1v) is 16.7. The van der Waals surface area contributed by atoms with Gasteiger partial charge in [-0.05, 0) is 0 Å². The minimum absolute atomic E-state index is 0.00617. The van der Waals surface area contributed by atoms with Crippen molar-refractivity contribution in [3.05, 3.63) is 0 Å². The van der Waals surface area contributed by atoms with Gasteiger partial charge in [0.05, 0.1) is 0 Å². The van der Waals surface area contributed by atoms with Crippen LogP contribution >= 0.6 is 0 Å². The van der Waals surface area contributed by atoms with Gasteiger partial charge in [-0.2, -0.15) is 0 Å². The maximum absolute atomic E-state index is 11.3. The van der Waals surface area contributed by atoms with Gasteiger partial charge < -0.3 is 0 Å². The SMILES string of the molecule is CCC[CH2][Sn]([CH2]CCC)([CH2]CCC)[CH2]CCC(=O)NN. The quantitative estimate of drug-likeness (QED) is 0.209. The van der Waals surface area contributed by atoms with E-state index >= 15 is 0 Å². The molecule has 3 N–H and O–H groups in total. The summed E-state index contributed by atoms with van der Waals surface area (Å²) < 4.78 is 6.00. The molecule has 3 nitrogen and oxygen atoms in total. The summed E-state index contributed by atoms with van der Waals surface area (Å²) in [7, 11) is 0. The molecule has 0 atom stereocenters. The molecule has 0 aliphatic heterocycles. The predicted octanol–water partition coefficient (Wildman–Crippen LogP) is 4.61. The summed E-state index contributed by atoms with van der Waals surface area (Å²) in [4.78, 5) is 11.3. The molecule has 0 heterocycles. The van der Waals surface area contributed by atoms with E-state index in [1.165, 1.54) is 56.3 Å². The normalized spacial score (nSPS) is 11.6. The molecule has 0 aliphatic rings. The maximum atomic E-state index is 11.3. The monoisotopic (exact) mass is 392 g/mol. The average molecular weight is 391 g/mol. The molecule has 0 saturated heterocycles. The second-order valence-electron chi connectivity index (χ2n) is 6.23. The number of carbonyl (C=O) groups is 1. The Hall–Kier alpha value is 0.229. The zero-order chi connectivity index (χ0) is 15.3. The molecule has 0 unspecified atom stereocenters. The summed E-state index contributed by atoms with van der Waals surface area (Å²) in [6.07, 6.45) is 9.88. The van der Waals surface area contributed by atoms with E-state index in [1.807, 2.05) is 0 Å². The van der Waals surface area contributed by atoms with Crippen molar-refractivity contribution in [3.8, 4) is 0 Å². The van der Waals surface area contributed by atoms with Gasteiger partial charge in [0.1, 0.15) is 0 Å². The van der Waals surface area contributed by atoms with E-state index in [1.54, 1.807) is 0 Å². The van der Waals surface area contributed by atoms with Crippen molar-refractivity contribution >= 4 is 24.3 Å². The molecule has 0 aromatic carbocycles. The number of nitrogens with one attached hydrogen (secondary N) is 1. The standard InChI is InChI=1S/C4H9N2O.3C4H9.Sn/c1-2-3-4(7)6-5;3*1-3-4-2;/h1-3,5H2,(H,6,7);3*1,3-4H2,2H3;.